The van der Waals surface area contributed by atoms with Gasteiger partial charge >= 0.3 is 0 Å². The molecule has 0 spiro atoms. The van der Waals surface area contributed by atoms with E-state index in [1.807, 2.05) is 27.9 Å². The lowest BCUT2D eigenvalue weighted by molar-refractivity contribution is 0.0785. The molecule has 7 heteroatoms. The highest BCUT2D eigenvalue weighted by molar-refractivity contribution is 9.10. The molecule has 0 aliphatic carbocycles. The Hall–Kier alpha value is -1.89. The van der Waals surface area contributed by atoms with Gasteiger partial charge < -0.3 is 9.64 Å². The van der Waals surface area contributed by atoms with Crippen LogP contribution in [0.3, 0.4) is 0 Å². The molecule has 0 radical (unpaired) electrons. The minimum absolute atomic E-state index is 0.00314. The molecule has 0 N–H and O–H groups in total. The zero-order valence-corrected chi connectivity index (χ0v) is 13.2. The summed E-state index contributed by atoms with van der Waals surface area (Å²) in [6.07, 6.45) is 4.37. The SMILES string of the molecule is COc1ccc(Br)c(C(=O)N2CC[C@@H](n3ccnn3)C2)c1. The van der Waals surface area contributed by atoms with E-state index in [1.165, 1.54) is 0 Å². The van der Waals surface area contributed by atoms with Crippen molar-refractivity contribution < 1.29 is 9.53 Å². The molecule has 6 nitrogen and oxygen atoms in total. The highest BCUT2D eigenvalue weighted by atomic mass is 79.9. The fourth-order valence-electron chi connectivity index (χ4n) is 2.52. The van der Waals surface area contributed by atoms with Gasteiger partial charge in [0.15, 0.2) is 0 Å². The Balaban J connectivity index is 1.77. The number of aromatic nitrogens is 3. The van der Waals surface area contributed by atoms with Gasteiger partial charge in [-0.25, -0.2) is 4.68 Å². The van der Waals surface area contributed by atoms with Gasteiger partial charge in [-0.2, -0.15) is 0 Å². The number of methoxy groups -OCH3 is 1. The number of hydrogen-bond donors (Lipinski definition) is 0. The first kappa shape index (κ1) is 14.1. The lowest BCUT2D eigenvalue weighted by atomic mass is 10.2. The van der Waals surface area contributed by atoms with Gasteiger partial charge in [0, 0.05) is 23.8 Å². The third-order valence-corrected chi connectivity index (χ3v) is 4.36. The molecule has 0 bridgehead atoms. The van der Waals surface area contributed by atoms with E-state index in [0.29, 0.717) is 24.4 Å². The summed E-state index contributed by atoms with van der Waals surface area (Å²) in [6.45, 7) is 1.36. The summed E-state index contributed by atoms with van der Waals surface area (Å²) in [5.41, 5.74) is 0.619. The fourth-order valence-corrected chi connectivity index (χ4v) is 2.94. The molecule has 21 heavy (non-hydrogen) atoms. The number of carbonyl (C=O) groups excluding carboxylic acids is 1. The summed E-state index contributed by atoms with van der Waals surface area (Å²) in [6, 6.07) is 5.61. The molecule has 0 unspecified atom stereocenters. The second kappa shape index (κ2) is 5.85. The predicted molar refractivity (Wildman–Crippen MR) is 80.3 cm³/mol. The normalized spacial score (nSPS) is 18.0. The second-order valence-corrected chi connectivity index (χ2v) is 5.78. The van der Waals surface area contributed by atoms with Gasteiger partial charge in [0.1, 0.15) is 5.75 Å². The zero-order valence-electron chi connectivity index (χ0n) is 11.6. The highest BCUT2D eigenvalue weighted by Crippen LogP contribution is 2.27. The van der Waals surface area contributed by atoms with Crippen molar-refractivity contribution in [3.05, 3.63) is 40.6 Å². The summed E-state index contributed by atoms with van der Waals surface area (Å²) in [7, 11) is 1.59. The van der Waals surface area contributed by atoms with Crippen molar-refractivity contribution in [3.63, 3.8) is 0 Å². The molecule has 110 valence electrons. The fraction of sp³-hybridized carbons (Fsp3) is 0.357. The monoisotopic (exact) mass is 350 g/mol. The number of rotatable bonds is 3. The summed E-state index contributed by atoms with van der Waals surface area (Å²) in [5.74, 6) is 0.678. The van der Waals surface area contributed by atoms with Crippen molar-refractivity contribution in [2.24, 2.45) is 0 Å². The van der Waals surface area contributed by atoms with Crippen LogP contribution in [0.1, 0.15) is 22.8 Å². The number of carbonyl (C=O) groups is 1. The maximum Gasteiger partial charge on any atom is 0.255 e. The Kier molecular flexibility index (Phi) is 3.92. The molecular formula is C14H15BrN4O2. The van der Waals surface area contributed by atoms with Gasteiger partial charge in [-0.05, 0) is 40.5 Å². The van der Waals surface area contributed by atoms with Crippen LogP contribution < -0.4 is 4.74 Å². The number of benzene rings is 1. The number of ether oxygens (including phenoxy) is 1. The van der Waals surface area contributed by atoms with Gasteiger partial charge in [-0.1, -0.05) is 5.21 Å². The first-order valence-corrected chi connectivity index (χ1v) is 7.47. The summed E-state index contributed by atoms with van der Waals surface area (Å²) in [4.78, 5) is 14.5. The summed E-state index contributed by atoms with van der Waals surface area (Å²) < 4.78 is 7.78. The quantitative estimate of drug-likeness (QED) is 0.850. The molecule has 1 amide bonds. The standard InChI is InChI=1S/C14H15BrN4O2/c1-21-11-2-3-13(15)12(8-11)14(20)18-6-4-10(9-18)19-7-5-16-17-19/h2-3,5,7-8,10H,4,6,9H2,1H3/t10-/m1/s1. The number of nitrogens with zero attached hydrogens (tertiary/aromatic N) is 4. The Morgan fingerprint density at radius 1 is 1.48 bits per heavy atom. The minimum Gasteiger partial charge on any atom is -0.497 e. The van der Waals surface area contributed by atoms with Crippen molar-refractivity contribution in [1.82, 2.24) is 19.9 Å². The molecule has 1 aromatic carbocycles. The van der Waals surface area contributed by atoms with E-state index < -0.39 is 0 Å². The molecular weight excluding hydrogens is 336 g/mol. The lowest BCUT2D eigenvalue weighted by Crippen LogP contribution is -2.29. The average Bonchev–Trinajstić information content (AvgIpc) is 3.18. The molecule has 3 rings (SSSR count). The van der Waals surface area contributed by atoms with Gasteiger partial charge in [0.25, 0.3) is 5.91 Å². The van der Waals surface area contributed by atoms with Crippen LogP contribution in [0.4, 0.5) is 0 Å². The number of amides is 1. The van der Waals surface area contributed by atoms with Gasteiger partial charge in [0.2, 0.25) is 0 Å². The van der Waals surface area contributed by atoms with E-state index in [9.17, 15) is 4.79 Å². The Morgan fingerprint density at radius 3 is 3.05 bits per heavy atom. The molecule has 1 saturated heterocycles. The predicted octanol–water partition coefficient (Wildman–Crippen LogP) is 2.14. The third-order valence-electron chi connectivity index (χ3n) is 3.67. The summed E-state index contributed by atoms with van der Waals surface area (Å²) in [5, 5.41) is 7.83. The second-order valence-electron chi connectivity index (χ2n) is 4.92. The van der Waals surface area contributed by atoms with Crippen molar-refractivity contribution >= 4 is 21.8 Å². The van der Waals surface area contributed by atoms with Crippen LogP contribution in [0, 0.1) is 0 Å². The topological polar surface area (TPSA) is 60.2 Å². The van der Waals surface area contributed by atoms with E-state index in [2.05, 4.69) is 26.2 Å². The van der Waals surface area contributed by atoms with E-state index >= 15 is 0 Å². The maximum atomic E-state index is 12.6. The largest absolute Gasteiger partial charge is 0.497 e. The smallest absolute Gasteiger partial charge is 0.255 e. The number of hydrogen-bond acceptors (Lipinski definition) is 4. The molecule has 2 aromatic rings. The van der Waals surface area contributed by atoms with Crippen LogP contribution in [-0.2, 0) is 0 Å². The summed E-state index contributed by atoms with van der Waals surface area (Å²) >= 11 is 3.43. The molecule has 1 atom stereocenters. The van der Waals surface area contributed by atoms with Gasteiger partial charge in [0.05, 0.1) is 24.9 Å². The van der Waals surface area contributed by atoms with E-state index in [4.69, 9.17) is 4.74 Å². The highest BCUT2D eigenvalue weighted by Gasteiger charge is 2.29. The van der Waals surface area contributed by atoms with Crippen molar-refractivity contribution in [2.45, 2.75) is 12.5 Å². The molecule has 2 heterocycles. The van der Waals surface area contributed by atoms with Gasteiger partial charge in [-0.3, -0.25) is 4.79 Å². The average molecular weight is 351 g/mol. The Labute approximate surface area is 130 Å². The van der Waals surface area contributed by atoms with Crippen LogP contribution in [-0.4, -0.2) is 46.0 Å². The lowest BCUT2D eigenvalue weighted by Gasteiger charge is -2.18. The molecule has 1 aromatic heterocycles. The van der Waals surface area contributed by atoms with Crippen LogP contribution in [0.25, 0.3) is 0 Å². The molecule has 1 aliphatic heterocycles. The van der Waals surface area contributed by atoms with E-state index in [-0.39, 0.29) is 11.9 Å². The van der Waals surface area contributed by atoms with Crippen LogP contribution in [0.15, 0.2) is 35.1 Å². The minimum atomic E-state index is 0.00314. The van der Waals surface area contributed by atoms with Crippen LogP contribution in [0.2, 0.25) is 0 Å². The zero-order chi connectivity index (χ0) is 14.8. The van der Waals surface area contributed by atoms with Crippen molar-refractivity contribution in [3.8, 4) is 5.75 Å². The van der Waals surface area contributed by atoms with E-state index in [0.717, 1.165) is 10.9 Å². The van der Waals surface area contributed by atoms with Gasteiger partial charge in [-0.15, -0.1) is 5.10 Å². The molecule has 0 saturated carbocycles. The third kappa shape index (κ3) is 2.78. The number of likely N-dealkylation sites (tertiary alicyclic amines) is 1. The van der Waals surface area contributed by atoms with Crippen molar-refractivity contribution in [1.29, 1.82) is 0 Å². The Morgan fingerprint density at radius 2 is 2.33 bits per heavy atom. The van der Waals surface area contributed by atoms with E-state index in [1.54, 1.807) is 19.4 Å². The van der Waals surface area contributed by atoms with Crippen molar-refractivity contribution in [2.75, 3.05) is 20.2 Å². The molecule has 1 fully saturated rings. The first-order valence-electron chi connectivity index (χ1n) is 6.67. The first-order chi connectivity index (χ1) is 10.2. The Bertz CT molecular complexity index is 644. The van der Waals surface area contributed by atoms with Crippen LogP contribution in [0.5, 0.6) is 5.75 Å². The number of halogens is 1. The molecule has 1 aliphatic rings. The van der Waals surface area contributed by atoms with Crippen LogP contribution >= 0.6 is 15.9 Å². The maximum absolute atomic E-state index is 12.6.